The highest BCUT2D eigenvalue weighted by Gasteiger charge is 2.05. The molecule has 1 unspecified atom stereocenters. The minimum Gasteiger partial charge on any atom is -0.326 e. The molecule has 0 heterocycles. The highest BCUT2D eigenvalue weighted by atomic mass is 35.5. The first-order valence-corrected chi connectivity index (χ1v) is 7.37. The molecule has 3 heteroatoms. The fourth-order valence-electron chi connectivity index (χ4n) is 1.24. The molecule has 0 spiro atoms. The molecule has 1 aromatic rings. The van der Waals surface area contributed by atoms with Crippen molar-refractivity contribution in [2.75, 3.05) is 5.75 Å². The minimum atomic E-state index is 0.0586. The predicted molar refractivity (Wildman–Crippen MR) is 82.0 cm³/mol. The van der Waals surface area contributed by atoms with Crippen molar-refractivity contribution in [2.45, 2.75) is 38.1 Å². The topological polar surface area (TPSA) is 26.0 Å². The molecule has 1 rings (SSSR count). The van der Waals surface area contributed by atoms with Crippen molar-refractivity contribution < 1.29 is 0 Å². The van der Waals surface area contributed by atoms with E-state index in [9.17, 15) is 0 Å². The Balaban J connectivity index is 2.34. The van der Waals surface area contributed by atoms with E-state index >= 15 is 0 Å². The molecule has 0 aliphatic heterocycles. The third kappa shape index (κ3) is 6.96. The van der Waals surface area contributed by atoms with Crippen molar-refractivity contribution in [1.82, 2.24) is 0 Å². The Kier molecular flexibility index (Phi) is 6.08. The standard InChI is InChI=1S/C15H20ClNS/c1-15(2,3)10-4-5-13(17)11-18-14-8-6-12(16)7-9-14/h6-9,13H,5,11,17H2,1-3H3. The first kappa shape index (κ1) is 15.4. The van der Waals surface area contributed by atoms with Gasteiger partial charge in [-0.3, -0.25) is 0 Å². The Morgan fingerprint density at radius 2 is 1.89 bits per heavy atom. The summed E-state index contributed by atoms with van der Waals surface area (Å²) in [5, 5.41) is 0.764. The number of halogens is 1. The molecule has 18 heavy (non-hydrogen) atoms. The Hall–Kier alpha value is -0.620. The molecule has 0 bridgehead atoms. The first-order valence-electron chi connectivity index (χ1n) is 6.01. The van der Waals surface area contributed by atoms with Gasteiger partial charge < -0.3 is 5.73 Å². The number of hydrogen-bond acceptors (Lipinski definition) is 2. The summed E-state index contributed by atoms with van der Waals surface area (Å²) in [6.07, 6.45) is 0.748. The second-order valence-corrected chi connectivity index (χ2v) is 6.81. The van der Waals surface area contributed by atoms with E-state index in [0.29, 0.717) is 0 Å². The Morgan fingerprint density at radius 3 is 2.44 bits per heavy atom. The quantitative estimate of drug-likeness (QED) is 0.661. The molecule has 1 aromatic carbocycles. The maximum absolute atomic E-state index is 6.03. The van der Waals surface area contributed by atoms with Crippen molar-refractivity contribution in [2.24, 2.45) is 11.1 Å². The fourth-order valence-corrected chi connectivity index (χ4v) is 2.22. The van der Waals surface area contributed by atoms with Gasteiger partial charge in [-0.15, -0.1) is 17.7 Å². The normalized spacial score (nSPS) is 12.7. The first-order chi connectivity index (χ1) is 8.37. The largest absolute Gasteiger partial charge is 0.326 e. The smallest absolute Gasteiger partial charge is 0.0406 e. The van der Waals surface area contributed by atoms with Crippen LogP contribution in [-0.4, -0.2) is 11.8 Å². The summed E-state index contributed by atoms with van der Waals surface area (Å²) in [6, 6.07) is 7.94. The number of nitrogens with two attached hydrogens (primary N) is 1. The highest BCUT2D eigenvalue weighted by molar-refractivity contribution is 7.99. The molecule has 0 fully saturated rings. The van der Waals surface area contributed by atoms with Crippen LogP contribution < -0.4 is 5.73 Å². The van der Waals surface area contributed by atoms with Crippen LogP contribution in [0.1, 0.15) is 27.2 Å². The van der Waals surface area contributed by atoms with Crippen molar-refractivity contribution in [3.63, 3.8) is 0 Å². The highest BCUT2D eigenvalue weighted by Crippen LogP contribution is 2.21. The Morgan fingerprint density at radius 1 is 1.28 bits per heavy atom. The van der Waals surface area contributed by atoms with Gasteiger partial charge in [-0.2, -0.15) is 0 Å². The van der Waals surface area contributed by atoms with Crippen LogP contribution in [0.25, 0.3) is 0 Å². The minimum absolute atomic E-state index is 0.0586. The average molecular weight is 282 g/mol. The molecule has 98 valence electrons. The van der Waals surface area contributed by atoms with Crippen LogP contribution in [0.4, 0.5) is 0 Å². The van der Waals surface area contributed by atoms with Gasteiger partial charge in [0.15, 0.2) is 0 Å². The van der Waals surface area contributed by atoms with E-state index in [-0.39, 0.29) is 11.5 Å². The summed E-state index contributed by atoms with van der Waals surface area (Å²) in [5.74, 6) is 7.24. The van der Waals surface area contributed by atoms with E-state index in [1.54, 1.807) is 11.8 Å². The molecular weight excluding hydrogens is 262 g/mol. The second kappa shape index (κ2) is 7.09. The van der Waals surface area contributed by atoms with E-state index in [2.05, 4.69) is 32.6 Å². The van der Waals surface area contributed by atoms with Gasteiger partial charge >= 0.3 is 0 Å². The summed E-state index contributed by atoms with van der Waals surface area (Å²) in [4.78, 5) is 1.19. The summed E-state index contributed by atoms with van der Waals surface area (Å²) < 4.78 is 0. The third-order valence-corrected chi connectivity index (χ3v) is 3.56. The monoisotopic (exact) mass is 281 g/mol. The van der Waals surface area contributed by atoms with E-state index in [1.165, 1.54) is 4.90 Å². The van der Waals surface area contributed by atoms with Crippen molar-refractivity contribution >= 4 is 23.4 Å². The average Bonchev–Trinajstić information content (AvgIpc) is 2.26. The molecule has 0 radical (unpaired) electrons. The van der Waals surface area contributed by atoms with Crippen molar-refractivity contribution in [3.8, 4) is 11.8 Å². The predicted octanol–water partition coefficient (Wildman–Crippen LogP) is 4.20. The van der Waals surface area contributed by atoms with Crippen LogP contribution >= 0.6 is 23.4 Å². The Labute approximate surface area is 119 Å². The number of rotatable bonds is 4. The van der Waals surface area contributed by atoms with Gasteiger partial charge in [-0.25, -0.2) is 0 Å². The lowest BCUT2D eigenvalue weighted by atomic mass is 9.98. The van der Waals surface area contributed by atoms with Gasteiger partial charge in [0.05, 0.1) is 0 Å². The number of hydrogen-bond donors (Lipinski definition) is 1. The molecule has 1 nitrogen and oxygen atoms in total. The van der Waals surface area contributed by atoms with Gasteiger partial charge in [0.2, 0.25) is 0 Å². The number of thioether (sulfide) groups is 1. The van der Waals surface area contributed by atoms with Crippen LogP contribution in [-0.2, 0) is 0 Å². The SMILES string of the molecule is CC(C)(C)C#CCC(N)CSc1ccc(Cl)cc1. The lowest BCUT2D eigenvalue weighted by molar-refractivity contribution is 0.569. The molecule has 0 aliphatic rings. The Bertz CT molecular complexity index is 423. The zero-order valence-corrected chi connectivity index (χ0v) is 12.7. The summed E-state index contributed by atoms with van der Waals surface area (Å²) in [7, 11) is 0. The summed E-state index contributed by atoms with van der Waals surface area (Å²) in [5.41, 5.74) is 6.09. The van der Waals surface area contributed by atoms with Crippen LogP contribution in [0.2, 0.25) is 5.02 Å². The summed E-state index contributed by atoms with van der Waals surface area (Å²) >= 11 is 7.58. The van der Waals surface area contributed by atoms with Crippen LogP contribution in [0.15, 0.2) is 29.2 Å². The second-order valence-electron chi connectivity index (χ2n) is 5.28. The van der Waals surface area contributed by atoms with Crippen LogP contribution in [0.5, 0.6) is 0 Å². The molecule has 0 aromatic heterocycles. The van der Waals surface area contributed by atoms with E-state index in [0.717, 1.165) is 17.2 Å². The third-order valence-electron chi connectivity index (χ3n) is 2.11. The van der Waals surface area contributed by atoms with Crippen molar-refractivity contribution in [1.29, 1.82) is 0 Å². The maximum Gasteiger partial charge on any atom is 0.0406 e. The van der Waals surface area contributed by atoms with E-state index < -0.39 is 0 Å². The van der Waals surface area contributed by atoms with Gasteiger partial charge in [0.1, 0.15) is 0 Å². The zero-order valence-electron chi connectivity index (χ0n) is 11.2. The molecule has 1 atom stereocenters. The van der Waals surface area contributed by atoms with E-state index in [1.807, 2.05) is 24.3 Å². The molecule has 2 N–H and O–H groups in total. The van der Waals surface area contributed by atoms with Crippen LogP contribution in [0, 0.1) is 17.3 Å². The molecule has 0 saturated heterocycles. The number of benzene rings is 1. The lowest BCUT2D eigenvalue weighted by Crippen LogP contribution is -2.22. The molecule has 0 saturated carbocycles. The zero-order chi connectivity index (χ0) is 13.6. The lowest BCUT2D eigenvalue weighted by Gasteiger charge is -2.09. The van der Waals surface area contributed by atoms with Gasteiger partial charge in [0, 0.05) is 33.5 Å². The molecule has 0 aliphatic carbocycles. The maximum atomic E-state index is 6.03. The van der Waals surface area contributed by atoms with Gasteiger partial charge in [-0.1, -0.05) is 17.5 Å². The molecular formula is C15H20ClNS. The fraction of sp³-hybridized carbons (Fsp3) is 0.467. The summed E-state index contributed by atoms with van der Waals surface area (Å²) in [6.45, 7) is 6.32. The van der Waals surface area contributed by atoms with Crippen molar-refractivity contribution in [3.05, 3.63) is 29.3 Å². The van der Waals surface area contributed by atoms with E-state index in [4.69, 9.17) is 17.3 Å². The van der Waals surface area contributed by atoms with Gasteiger partial charge in [-0.05, 0) is 45.0 Å². The van der Waals surface area contributed by atoms with Crippen LogP contribution in [0.3, 0.4) is 0 Å². The molecule has 0 amide bonds. The van der Waals surface area contributed by atoms with Gasteiger partial charge in [0.25, 0.3) is 0 Å².